The van der Waals surface area contributed by atoms with Crippen LogP contribution in [0.15, 0.2) is 0 Å². The summed E-state index contributed by atoms with van der Waals surface area (Å²) >= 11 is 0. The molecule has 7 nitrogen and oxygen atoms in total. The van der Waals surface area contributed by atoms with Crippen LogP contribution in [0.1, 0.15) is 48.3 Å². The molecule has 7 heteroatoms. The molecule has 1 aliphatic rings. The average molecular weight is 282 g/mol. The summed E-state index contributed by atoms with van der Waals surface area (Å²) in [5.74, 6) is -0.789. The van der Waals surface area contributed by atoms with Crippen molar-refractivity contribution in [1.29, 1.82) is 0 Å². The summed E-state index contributed by atoms with van der Waals surface area (Å²) in [6.45, 7) is 5.66. The fourth-order valence-corrected chi connectivity index (χ4v) is 2.53. The highest BCUT2D eigenvalue weighted by molar-refractivity contribution is 5.86. The van der Waals surface area contributed by atoms with Crippen LogP contribution in [0.3, 0.4) is 0 Å². The molecular weight excluding hydrogens is 260 g/mol. The molecule has 1 aromatic heterocycles. The molecule has 0 spiro atoms. The third-order valence-corrected chi connectivity index (χ3v) is 3.50. The summed E-state index contributed by atoms with van der Waals surface area (Å²) in [6, 6.07) is 0. The Kier molecular flexibility index (Phi) is 5.49. The smallest absolute Gasteiger partial charge is 0.358 e. The maximum atomic E-state index is 11.3. The summed E-state index contributed by atoms with van der Waals surface area (Å²) < 4.78 is 7.15. The lowest BCUT2D eigenvalue weighted by molar-refractivity contribution is 0.0687. The van der Waals surface area contributed by atoms with Crippen molar-refractivity contribution in [1.82, 2.24) is 20.3 Å². The molecule has 0 saturated carbocycles. The number of aromatic carboxylic acids is 1. The van der Waals surface area contributed by atoms with Crippen molar-refractivity contribution in [2.45, 2.75) is 38.6 Å². The number of aromatic nitrogens is 3. The van der Waals surface area contributed by atoms with E-state index in [0.29, 0.717) is 19.8 Å². The van der Waals surface area contributed by atoms with Gasteiger partial charge in [-0.1, -0.05) is 12.1 Å². The maximum Gasteiger partial charge on any atom is 0.358 e. The van der Waals surface area contributed by atoms with E-state index in [1.165, 1.54) is 0 Å². The van der Waals surface area contributed by atoms with Crippen molar-refractivity contribution in [3.8, 4) is 0 Å². The van der Waals surface area contributed by atoms with Crippen LogP contribution in [-0.4, -0.2) is 52.4 Å². The second-order valence-corrected chi connectivity index (χ2v) is 4.99. The molecule has 112 valence electrons. The van der Waals surface area contributed by atoms with Gasteiger partial charge >= 0.3 is 5.97 Å². The van der Waals surface area contributed by atoms with Gasteiger partial charge in [-0.3, -0.25) is 0 Å². The predicted molar refractivity (Wildman–Crippen MR) is 72.9 cm³/mol. The largest absolute Gasteiger partial charge is 0.476 e. The van der Waals surface area contributed by atoms with Gasteiger partial charge in [0.15, 0.2) is 5.69 Å². The van der Waals surface area contributed by atoms with E-state index >= 15 is 0 Å². The van der Waals surface area contributed by atoms with Gasteiger partial charge in [-0.25, -0.2) is 9.48 Å². The minimum atomic E-state index is -1.00. The Morgan fingerprint density at radius 3 is 2.85 bits per heavy atom. The van der Waals surface area contributed by atoms with Gasteiger partial charge in [-0.2, -0.15) is 0 Å². The van der Waals surface area contributed by atoms with E-state index in [1.54, 1.807) is 4.68 Å². The Morgan fingerprint density at radius 1 is 1.45 bits per heavy atom. The first-order valence-electron chi connectivity index (χ1n) is 7.19. The molecule has 1 saturated heterocycles. The lowest BCUT2D eigenvalue weighted by atomic mass is 9.93. The zero-order valence-electron chi connectivity index (χ0n) is 11.8. The number of carbonyl (C=O) groups is 1. The Balaban J connectivity index is 2.11. The number of carboxylic acid groups (broad SMARTS) is 1. The number of piperidine rings is 1. The Labute approximate surface area is 118 Å². The molecule has 0 bridgehead atoms. The number of hydrogen-bond acceptors (Lipinski definition) is 5. The highest BCUT2D eigenvalue weighted by Crippen LogP contribution is 2.27. The minimum absolute atomic E-state index is 0.0902. The van der Waals surface area contributed by atoms with Crippen LogP contribution in [0, 0.1) is 0 Å². The summed E-state index contributed by atoms with van der Waals surface area (Å²) in [7, 11) is 0. The SMILES string of the molecule is CCCOCCn1nnc(C(=O)O)c1C1CCNCC1. The van der Waals surface area contributed by atoms with Gasteiger partial charge in [0.05, 0.1) is 18.8 Å². The minimum Gasteiger partial charge on any atom is -0.476 e. The van der Waals surface area contributed by atoms with Crippen molar-refractivity contribution >= 4 is 5.97 Å². The zero-order valence-corrected chi connectivity index (χ0v) is 11.8. The highest BCUT2D eigenvalue weighted by atomic mass is 16.5. The van der Waals surface area contributed by atoms with Gasteiger partial charge in [0, 0.05) is 12.5 Å². The van der Waals surface area contributed by atoms with E-state index in [9.17, 15) is 9.90 Å². The van der Waals surface area contributed by atoms with E-state index < -0.39 is 5.97 Å². The lowest BCUT2D eigenvalue weighted by Gasteiger charge is -2.23. The molecule has 2 heterocycles. The molecule has 0 aliphatic carbocycles. The van der Waals surface area contributed by atoms with Gasteiger partial charge in [0.2, 0.25) is 0 Å². The van der Waals surface area contributed by atoms with Crippen molar-refractivity contribution in [3.63, 3.8) is 0 Å². The van der Waals surface area contributed by atoms with E-state index in [4.69, 9.17) is 4.74 Å². The standard InChI is InChI=1S/C13H22N4O3/c1-2-8-20-9-7-17-12(10-3-5-14-6-4-10)11(13(18)19)15-16-17/h10,14H,2-9H2,1H3,(H,18,19). The van der Waals surface area contributed by atoms with E-state index in [0.717, 1.165) is 38.0 Å². The number of rotatable bonds is 7. The van der Waals surface area contributed by atoms with Crippen LogP contribution < -0.4 is 5.32 Å². The third kappa shape index (κ3) is 3.55. The molecule has 2 rings (SSSR count). The molecule has 2 N–H and O–H groups in total. The number of nitrogens with zero attached hydrogens (tertiary/aromatic N) is 3. The lowest BCUT2D eigenvalue weighted by Crippen LogP contribution is -2.29. The van der Waals surface area contributed by atoms with E-state index in [-0.39, 0.29) is 11.6 Å². The molecule has 1 fully saturated rings. The predicted octanol–water partition coefficient (Wildman–Crippen LogP) is 0.870. The van der Waals surface area contributed by atoms with Crippen LogP contribution >= 0.6 is 0 Å². The van der Waals surface area contributed by atoms with E-state index in [1.807, 2.05) is 0 Å². The van der Waals surface area contributed by atoms with Gasteiger partial charge in [-0.05, 0) is 32.4 Å². The number of hydrogen-bond donors (Lipinski definition) is 2. The summed E-state index contributed by atoms with van der Waals surface area (Å²) in [5.41, 5.74) is 0.839. The molecule has 1 aliphatic heterocycles. The average Bonchev–Trinajstić information content (AvgIpc) is 2.88. The monoisotopic (exact) mass is 282 g/mol. The molecular formula is C13H22N4O3. The Hall–Kier alpha value is -1.47. The quantitative estimate of drug-likeness (QED) is 0.721. The number of nitrogens with one attached hydrogen (secondary N) is 1. The second kappa shape index (κ2) is 7.35. The summed E-state index contributed by atoms with van der Waals surface area (Å²) in [4.78, 5) is 11.3. The molecule has 0 radical (unpaired) electrons. The van der Waals surface area contributed by atoms with Gasteiger partial charge < -0.3 is 15.2 Å². The van der Waals surface area contributed by atoms with Crippen molar-refractivity contribution in [2.24, 2.45) is 0 Å². The van der Waals surface area contributed by atoms with Crippen LogP contribution in [0.25, 0.3) is 0 Å². The van der Waals surface area contributed by atoms with Crippen LogP contribution in [0.4, 0.5) is 0 Å². The van der Waals surface area contributed by atoms with Crippen molar-refractivity contribution in [3.05, 3.63) is 11.4 Å². The topological polar surface area (TPSA) is 89.3 Å². The highest BCUT2D eigenvalue weighted by Gasteiger charge is 2.27. The fraction of sp³-hybridized carbons (Fsp3) is 0.769. The first kappa shape index (κ1) is 14.9. The number of ether oxygens (including phenoxy) is 1. The molecule has 20 heavy (non-hydrogen) atoms. The van der Waals surface area contributed by atoms with Crippen LogP contribution in [0.5, 0.6) is 0 Å². The van der Waals surface area contributed by atoms with Crippen molar-refractivity contribution in [2.75, 3.05) is 26.3 Å². The Morgan fingerprint density at radius 2 is 2.20 bits per heavy atom. The van der Waals surface area contributed by atoms with Crippen LogP contribution in [-0.2, 0) is 11.3 Å². The second-order valence-electron chi connectivity index (χ2n) is 4.99. The van der Waals surface area contributed by atoms with Gasteiger partial charge in [0.25, 0.3) is 0 Å². The molecule has 0 amide bonds. The van der Waals surface area contributed by atoms with E-state index in [2.05, 4.69) is 22.6 Å². The molecule has 0 unspecified atom stereocenters. The Bertz CT molecular complexity index is 441. The third-order valence-electron chi connectivity index (χ3n) is 3.50. The van der Waals surface area contributed by atoms with Crippen LogP contribution in [0.2, 0.25) is 0 Å². The van der Waals surface area contributed by atoms with Crippen molar-refractivity contribution < 1.29 is 14.6 Å². The fourth-order valence-electron chi connectivity index (χ4n) is 2.53. The van der Waals surface area contributed by atoms with Gasteiger partial charge in [-0.15, -0.1) is 5.10 Å². The first-order chi connectivity index (χ1) is 9.74. The zero-order chi connectivity index (χ0) is 14.4. The first-order valence-corrected chi connectivity index (χ1v) is 7.19. The molecule has 1 aromatic rings. The maximum absolute atomic E-state index is 11.3. The molecule has 0 aromatic carbocycles. The molecule has 0 atom stereocenters. The summed E-state index contributed by atoms with van der Waals surface area (Å²) in [6.07, 6.45) is 2.81. The van der Waals surface area contributed by atoms with Gasteiger partial charge in [0.1, 0.15) is 0 Å². The summed E-state index contributed by atoms with van der Waals surface area (Å²) in [5, 5.41) is 20.4. The normalized spacial score (nSPS) is 16.4. The number of carboxylic acids is 1.